The van der Waals surface area contributed by atoms with Gasteiger partial charge in [0.15, 0.2) is 0 Å². The molecule has 1 fully saturated rings. The van der Waals surface area contributed by atoms with E-state index in [0.717, 1.165) is 36.7 Å². The summed E-state index contributed by atoms with van der Waals surface area (Å²) in [5, 5.41) is 9.43. The maximum atomic E-state index is 9.43. The van der Waals surface area contributed by atoms with Crippen LogP contribution in [0.25, 0.3) is 11.0 Å². The number of nitrogens with zero attached hydrogens (tertiary/aromatic N) is 2. The topological polar surface area (TPSA) is 64.1 Å². The van der Waals surface area contributed by atoms with Crippen molar-refractivity contribution in [3.05, 3.63) is 30.6 Å². The van der Waals surface area contributed by atoms with Crippen molar-refractivity contribution in [2.75, 3.05) is 6.61 Å². The Morgan fingerprint density at radius 1 is 1.44 bits per heavy atom. The summed E-state index contributed by atoms with van der Waals surface area (Å²) in [6.45, 7) is 0.0656. The van der Waals surface area contributed by atoms with Crippen molar-refractivity contribution in [2.45, 2.75) is 37.3 Å². The van der Waals surface area contributed by atoms with E-state index in [0.29, 0.717) is 6.04 Å². The van der Waals surface area contributed by atoms with Gasteiger partial charge in [-0.25, -0.2) is 4.98 Å². The van der Waals surface area contributed by atoms with Crippen LogP contribution in [0.3, 0.4) is 0 Å². The largest absolute Gasteiger partial charge is 0.394 e. The number of rotatable bonds is 2. The van der Waals surface area contributed by atoms with Crippen molar-refractivity contribution < 1.29 is 5.11 Å². The number of aliphatic hydroxyl groups excluding tert-OH is 1. The fourth-order valence-electron chi connectivity index (χ4n) is 3.01. The molecule has 4 heteroatoms. The van der Waals surface area contributed by atoms with E-state index in [4.69, 9.17) is 5.73 Å². The maximum Gasteiger partial charge on any atom is 0.0960 e. The predicted octanol–water partition coefficient (Wildman–Crippen LogP) is 1.84. The molecule has 1 aromatic heterocycles. The first kappa shape index (κ1) is 11.7. The lowest BCUT2D eigenvalue weighted by Gasteiger charge is -2.37. The molecule has 0 aliphatic heterocycles. The van der Waals surface area contributed by atoms with Crippen molar-refractivity contribution in [2.24, 2.45) is 5.73 Å². The number of aromatic nitrogens is 2. The van der Waals surface area contributed by atoms with Gasteiger partial charge in [-0.2, -0.15) is 0 Å². The van der Waals surface area contributed by atoms with Gasteiger partial charge in [-0.3, -0.25) is 0 Å². The second-order valence-corrected chi connectivity index (χ2v) is 5.41. The highest BCUT2D eigenvalue weighted by atomic mass is 16.3. The molecule has 0 amide bonds. The van der Waals surface area contributed by atoms with Crippen LogP contribution in [0, 0.1) is 0 Å². The molecule has 18 heavy (non-hydrogen) atoms. The smallest absolute Gasteiger partial charge is 0.0960 e. The molecule has 1 aliphatic rings. The Morgan fingerprint density at radius 3 is 3.11 bits per heavy atom. The van der Waals surface area contributed by atoms with Crippen LogP contribution in [0.2, 0.25) is 0 Å². The summed E-state index contributed by atoms with van der Waals surface area (Å²) in [7, 11) is 0. The molecule has 3 rings (SSSR count). The number of hydrogen-bond acceptors (Lipinski definition) is 3. The maximum absolute atomic E-state index is 9.43. The van der Waals surface area contributed by atoms with E-state index >= 15 is 0 Å². The van der Waals surface area contributed by atoms with Gasteiger partial charge in [0.05, 0.1) is 24.0 Å². The molecular formula is C14H19N3O. The molecule has 2 atom stereocenters. The average Bonchev–Trinajstić information content (AvgIpc) is 2.83. The summed E-state index contributed by atoms with van der Waals surface area (Å²) in [5.41, 5.74) is 7.97. The van der Waals surface area contributed by atoms with E-state index in [2.05, 4.69) is 15.6 Å². The van der Waals surface area contributed by atoms with Crippen LogP contribution in [-0.4, -0.2) is 26.8 Å². The molecule has 3 N–H and O–H groups in total. The Labute approximate surface area is 106 Å². The molecule has 2 unspecified atom stereocenters. The summed E-state index contributed by atoms with van der Waals surface area (Å²) < 4.78 is 2.21. The van der Waals surface area contributed by atoms with E-state index in [1.165, 1.54) is 0 Å². The first-order valence-corrected chi connectivity index (χ1v) is 6.53. The number of imidazole rings is 1. The second kappa shape index (κ2) is 4.37. The van der Waals surface area contributed by atoms with E-state index in [9.17, 15) is 5.11 Å². The van der Waals surface area contributed by atoms with Crippen LogP contribution in [-0.2, 0) is 0 Å². The first-order chi connectivity index (χ1) is 8.72. The van der Waals surface area contributed by atoms with Crippen LogP contribution in [0.4, 0.5) is 0 Å². The van der Waals surface area contributed by atoms with Gasteiger partial charge in [0.1, 0.15) is 0 Å². The van der Waals surface area contributed by atoms with E-state index in [-0.39, 0.29) is 6.61 Å². The van der Waals surface area contributed by atoms with Crippen LogP contribution >= 0.6 is 0 Å². The number of hydrogen-bond donors (Lipinski definition) is 2. The highest BCUT2D eigenvalue weighted by Crippen LogP contribution is 2.35. The normalized spacial score (nSPS) is 28.7. The van der Waals surface area contributed by atoms with Gasteiger partial charge in [-0.05, 0) is 37.8 Å². The summed E-state index contributed by atoms with van der Waals surface area (Å²) in [5.74, 6) is 0. The highest BCUT2D eigenvalue weighted by molar-refractivity contribution is 5.75. The average molecular weight is 245 g/mol. The van der Waals surface area contributed by atoms with E-state index < -0.39 is 5.54 Å². The number of aliphatic hydroxyl groups is 1. The number of nitrogens with two attached hydrogens (primary N) is 1. The summed E-state index contributed by atoms with van der Waals surface area (Å²) in [4.78, 5) is 4.43. The Hall–Kier alpha value is -1.39. The van der Waals surface area contributed by atoms with Crippen LogP contribution < -0.4 is 5.73 Å². The Morgan fingerprint density at radius 2 is 2.28 bits per heavy atom. The number of fused-ring (bicyclic) bond motifs is 1. The molecule has 0 saturated heterocycles. The fourth-order valence-corrected chi connectivity index (χ4v) is 3.01. The highest BCUT2D eigenvalue weighted by Gasteiger charge is 2.33. The lowest BCUT2D eigenvalue weighted by atomic mass is 9.80. The molecule has 0 bridgehead atoms. The summed E-state index contributed by atoms with van der Waals surface area (Å²) in [6, 6.07) is 8.50. The van der Waals surface area contributed by atoms with Crippen LogP contribution in [0.5, 0.6) is 0 Å². The number of benzene rings is 1. The van der Waals surface area contributed by atoms with Gasteiger partial charge in [0, 0.05) is 11.6 Å². The monoisotopic (exact) mass is 245 g/mol. The minimum atomic E-state index is -0.422. The molecule has 2 aromatic rings. The van der Waals surface area contributed by atoms with Gasteiger partial charge in [-0.1, -0.05) is 12.1 Å². The van der Waals surface area contributed by atoms with E-state index in [1.54, 1.807) is 0 Å². The Bertz CT molecular complexity index is 551. The Balaban J connectivity index is 1.95. The zero-order chi connectivity index (χ0) is 12.6. The molecule has 4 nitrogen and oxygen atoms in total. The third-order valence-corrected chi connectivity index (χ3v) is 4.04. The minimum Gasteiger partial charge on any atom is -0.394 e. The van der Waals surface area contributed by atoms with Crippen molar-refractivity contribution in [1.82, 2.24) is 9.55 Å². The van der Waals surface area contributed by atoms with Gasteiger partial charge >= 0.3 is 0 Å². The van der Waals surface area contributed by atoms with Gasteiger partial charge < -0.3 is 15.4 Å². The molecule has 0 spiro atoms. The second-order valence-electron chi connectivity index (χ2n) is 5.41. The minimum absolute atomic E-state index is 0.0656. The molecule has 1 saturated carbocycles. The molecular weight excluding hydrogens is 226 g/mol. The van der Waals surface area contributed by atoms with Gasteiger partial charge in [0.25, 0.3) is 0 Å². The molecule has 1 heterocycles. The SMILES string of the molecule is NC1(CO)CCCC(n2cnc3ccccc32)C1. The van der Waals surface area contributed by atoms with Gasteiger partial charge in [0.2, 0.25) is 0 Å². The molecule has 1 aliphatic carbocycles. The zero-order valence-electron chi connectivity index (χ0n) is 10.4. The van der Waals surface area contributed by atoms with Crippen molar-refractivity contribution >= 4 is 11.0 Å². The van der Waals surface area contributed by atoms with E-state index in [1.807, 2.05) is 24.5 Å². The summed E-state index contributed by atoms with van der Waals surface area (Å²) >= 11 is 0. The predicted molar refractivity (Wildman–Crippen MR) is 71.2 cm³/mol. The quantitative estimate of drug-likeness (QED) is 0.848. The fraction of sp³-hybridized carbons (Fsp3) is 0.500. The van der Waals surface area contributed by atoms with Crippen molar-refractivity contribution in [3.63, 3.8) is 0 Å². The molecule has 0 radical (unpaired) electrons. The third-order valence-electron chi connectivity index (χ3n) is 4.04. The number of para-hydroxylation sites is 2. The van der Waals surface area contributed by atoms with Crippen molar-refractivity contribution in [1.29, 1.82) is 0 Å². The third kappa shape index (κ3) is 1.91. The van der Waals surface area contributed by atoms with Crippen molar-refractivity contribution in [3.8, 4) is 0 Å². The summed E-state index contributed by atoms with van der Waals surface area (Å²) in [6.07, 6.45) is 5.81. The van der Waals surface area contributed by atoms with Gasteiger partial charge in [-0.15, -0.1) is 0 Å². The molecule has 96 valence electrons. The lowest BCUT2D eigenvalue weighted by molar-refractivity contribution is 0.132. The lowest BCUT2D eigenvalue weighted by Crippen LogP contribution is -2.47. The molecule has 1 aromatic carbocycles. The zero-order valence-corrected chi connectivity index (χ0v) is 10.4. The van der Waals surface area contributed by atoms with Crippen LogP contribution in [0.1, 0.15) is 31.7 Å². The Kier molecular flexibility index (Phi) is 2.84. The standard InChI is InChI=1S/C14H19N3O/c15-14(9-18)7-3-4-11(8-14)17-10-16-12-5-1-2-6-13(12)17/h1-2,5-6,10-11,18H,3-4,7-9,15H2. The first-order valence-electron chi connectivity index (χ1n) is 6.53. The van der Waals surface area contributed by atoms with Crippen LogP contribution in [0.15, 0.2) is 30.6 Å².